The third-order valence-electron chi connectivity index (χ3n) is 4.33. The summed E-state index contributed by atoms with van der Waals surface area (Å²) in [7, 11) is 0. The zero-order chi connectivity index (χ0) is 24.3. The number of nitrogens with one attached hydrogen (secondary N) is 4. The molecule has 3 amide bonds. The van der Waals surface area contributed by atoms with Crippen molar-refractivity contribution in [3.8, 4) is 0 Å². The zero-order valence-corrected chi connectivity index (χ0v) is 18.5. The highest BCUT2D eigenvalue weighted by molar-refractivity contribution is 7.98. The van der Waals surface area contributed by atoms with Crippen molar-refractivity contribution in [2.75, 3.05) is 12.0 Å². The van der Waals surface area contributed by atoms with Crippen LogP contribution in [0.4, 0.5) is 0 Å². The van der Waals surface area contributed by atoms with Gasteiger partial charge in [0.05, 0.1) is 18.8 Å². The Morgan fingerprint density at radius 1 is 1.09 bits per heavy atom. The lowest BCUT2D eigenvalue weighted by atomic mass is 10.1. The number of nitrogens with two attached hydrogens (primary N) is 1. The van der Waals surface area contributed by atoms with Crippen molar-refractivity contribution in [1.82, 2.24) is 25.9 Å². The first-order valence-electron chi connectivity index (χ1n) is 9.62. The number of aromatic nitrogens is 2. The van der Waals surface area contributed by atoms with Gasteiger partial charge in [0.2, 0.25) is 17.7 Å². The van der Waals surface area contributed by atoms with E-state index in [2.05, 4.69) is 25.9 Å². The number of hydrogen-bond donors (Lipinski definition) is 7. The maximum atomic E-state index is 12.6. The van der Waals surface area contributed by atoms with Crippen molar-refractivity contribution in [3.63, 3.8) is 0 Å². The Kier molecular flexibility index (Phi) is 11.2. The normalized spacial score (nSPS) is 14.5. The lowest BCUT2D eigenvalue weighted by Crippen LogP contribution is -2.57. The molecular weight excluding hydrogens is 444 g/mol. The van der Waals surface area contributed by atoms with Crippen LogP contribution in [0.1, 0.15) is 25.5 Å². The Hall–Kier alpha value is -3.13. The first kappa shape index (κ1) is 26.9. The van der Waals surface area contributed by atoms with Gasteiger partial charge in [0.15, 0.2) is 0 Å². The molecule has 8 N–H and O–H groups in total. The molecule has 0 saturated carbocycles. The molecule has 13 nitrogen and oxygen atoms in total. The minimum atomic E-state index is -1.69. The molecule has 1 heterocycles. The molecule has 0 fully saturated rings. The van der Waals surface area contributed by atoms with Crippen LogP contribution in [-0.4, -0.2) is 86.0 Å². The van der Waals surface area contributed by atoms with E-state index in [1.165, 1.54) is 31.2 Å². The van der Waals surface area contributed by atoms with Crippen molar-refractivity contribution >= 4 is 41.4 Å². The van der Waals surface area contributed by atoms with Crippen LogP contribution in [0.2, 0.25) is 0 Å². The molecule has 0 spiro atoms. The van der Waals surface area contributed by atoms with Gasteiger partial charge in [-0.2, -0.15) is 11.8 Å². The van der Waals surface area contributed by atoms with Gasteiger partial charge in [-0.1, -0.05) is 0 Å². The third kappa shape index (κ3) is 9.34. The van der Waals surface area contributed by atoms with E-state index in [1.54, 1.807) is 0 Å². The Labute approximate surface area is 188 Å². The molecule has 14 heteroatoms. The summed E-state index contributed by atoms with van der Waals surface area (Å²) in [5.74, 6) is -4.42. The predicted molar refractivity (Wildman–Crippen MR) is 115 cm³/mol. The maximum Gasteiger partial charge on any atom is 0.326 e. The molecule has 1 aromatic rings. The number of hydrogen-bond acceptors (Lipinski definition) is 8. The molecule has 1 rings (SSSR count). The van der Waals surface area contributed by atoms with Crippen LogP contribution in [-0.2, 0) is 30.4 Å². The highest BCUT2D eigenvalue weighted by atomic mass is 32.2. The van der Waals surface area contributed by atoms with E-state index < -0.39 is 60.2 Å². The van der Waals surface area contributed by atoms with E-state index in [0.29, 0.717) is 17.9 Å². The molecule has 0 radical (unpaired) electrons. The second-order valence-corrected chi connectivity index (χ2v) is 7.94. The van der Waals surface area contributed by atoms with Crippen LogP contribution >= 0.6 is 11.8 Å². The second kappa shape index (κ2) is 13.3. The van der Waals surface area contributed by atoms with Crippen LogP contribution in [0, 0.1) is 0 Å². The maximum absolute atomic E-state index is 12.6. The predicted octanol–water partition coefficient (Wildman–Crippen LogP) is -1.93. The Morgan fingerprint density at radius 3 is 2.28 bits per heavy atom. The topological polar surface area (TPSA) is 217 Å². The molecule has 1 aromatic heterocycles. The van der Waals surface area contributed by atoms with Crippen molar-refractivity contribution in [2.24, 2.45) is 5.73 Å². The first-order valence-corrected chi connectivity index (χ1v) is 11.0. The van der Waals surface area contributed by atoms with Gasteiger partial charge in [0.1, 0.15) is 18.1 Å². The molecule has 0 aliphatic rings. The summed E-state index contributed by atoms with van der Waals surface area (Å²) in [6, 6.07) is -4.78. The van der Waals surface area contributed by atoms with Gasteiger partial charge in [-0.3, -0.25) is 19.2 Å². The van der Waals surface area contributed by atoms with E-state index in [4.69, 9.17) is 15.9 Å². The summed E-state index contributed by atoms with van der Waals surface area (Å²) in [4.78, 5) is 66.0. The second-order valence-electron chi connectivity index (χ2n) is 6.96. The van der Waals surface area contributed by atoms with Gasteiger partial charge in [0, 0.05) is 18.3 Å². The van der Waals surface area contributed by atoms with E-state index >= 15 is 0 Å². The van der Waals surface area contributed by atoms with E-state index in [0.717, 1.165) is 0 Å². The van der Waals surface area contributed by atoms with Crippen LogP contribution in [0.15, 0.2) is 12.5 Å². The molecule has 0 aliphatic carbocycles. The smallest absolute Gasteiger partial charge is 0.326 e. The fourth-order valence-electron chi connectivity index (χ4n) is 2.53. The monoisotopic (exact) mass is 472 g/mol. The van der Waals surface area contributed by atoms with Crippen LogP contribution in [0.5, 0.6) is 0 Å². The highest BCUT2D eigenvalue weighted by Gasteiger charge is 2.30. The minimum Gasteiger partial charge on any atom is -0.481 e. The van der Waals surface area contributed by atoms with E-state index in [-0.39, 0.29) is 6.42 Å². The Bertz CT molecular complexity index is 804. The number of aliphatic carboxylic acids is 2. The van der Waals surface area contributed by atoms with Crippen LogP contribution < -0.4 is 21.7 Å². The number of carbonyl (C=O) groups is 5. The third-order valence-corrected chi connectivity index (χ3v) is 4.97. The van der Waals surface area contributed by atoms with Crippen LogP contribution in [0.25, 0.3) is 0 Å². The molecular formula is C18H28N6O7S. The summed E-state index contributed by atoms with van der Waals surface area (Å²) in [6.07, 6.45) is 4.14. The van der Waals surface area contributed by atoms with Gasteiger partial charge in [-0.25, -0.2) is 9.78 Å². The number of imidazole rings is 1. The standard InChI is InChI=1S/C18H28N6O7S/c1-9(22-16(28)11(19)3-4-32-2)15(27)23-12(5-10-7-20-8-21-10)17(29)24-13(18(30)31)6-14(25)26/h7-9,11-13H,3-6,19H2,1-2H3,(H,20,21)(H,22,28)(H,23,27)(H,24,29)(H,25,26)(H,30,31). The molecule has 178 valence electrons. The number of amides is 3. The first-order chi connectivity index (χ1) is 15.0. The largest absolute Gasteiger partial charge is 0.481 e. The lowest BCUT2D eigenvalue weighted by Gasteiger charge is -2.23. The number of thioether (sulfide) groups is 1. The lowest BCUT2D eigenvalue weighted by molar-refractivity contribution is -0.147. The fraction of sp³-hybridized carbons (Fsp3) is 0.556. The van der Waals surface area contributed by atoms with E-state index in [9.17, 15) is 24.0 Å². The van der Waals surface area contributed by atoms with Gasteiger partial charge in [-0.15, -0.1) is 0 Å². The molecule has 0 saturated heterocycles. The van der Waals surface area contributed by atoms with Gasteiger partial charge >= 0.3 is 11.9 Å². The van der Waals surface area contributed by atoms with Crippen molar-refractivity contribution in [3.05, 3.63) is 18.2 Å². The number of carbonyl (C=O) groups excluding carboxylic acids is 3. The SMILES string of the molecule is CSCCC(N)C(=O)NC(C)C(=O)NC(Cc1cnc[nH]1)C(=O)NC(CC(=O)O)C(=O)O. The average Bonchev–Trinajstić information content (AvgIpc) is 3.23. The summed E-state index contributed by atoms with van der Waals surface area (Å²) in [5.41, 5.74) is 6.24. The van der Waals surface area contributed by atoms with Crippen molar-refractivity contribution in [1.29, 1.82) is 0 Å². The summed E-state index contributed by atoms with van der Waals surface area (Å²) < 4.78 is 0. The summed E-state index contributed by atoms with van der Waals surface area (Å²) in [5, 5.41) is 25.0. The quantitative estimate of drug-likeness (QED) is 0.159. The number of carboxylic acid groups (broad SMARTS) is 2. The minimum absolute atomic E-state index is 0.0785. The summed E-state index contributed by atoms with van der Waals surface area (Å²) in [6.45, 7) is 1.41. The Morgan fingerprint density at radius 2 is 1.75 bits per heavy atom. The van der Waals surface area contributed by atoms with Crippen molar-refractivity contribution in [2.45, 2.75) is 50.4 Å². The van der Waals surface area contributed by atoms with Gasteiger partial charge in [-0.05, 0) is 25.4 Å². The molecule has 0 bridgehead atoms. The molecule has 4 unspecified atom stereocenters. The van der Waals surface area contributed by atoms with Crippen LogP contribution in [0.3, 0.4) is 0 Å². The Balaban J connectivity index is 2.85. The number of carboxylic acids is 2. The molecule has 4 atom stereocenters. The van der Waals surface area contributed by atoms with Gasteiger partial charge < -0.3 is 36.9 Å². The number of rotatable bonds is 14. The van der Waals surface area contributed by atoms with Gasteiger partial charge in [0.25, 0.3) is 0 Å². The number of nitrogens with zero attached hydrogens (tertiary/aromatic N) is 1. The molecule has 0 aromatic carbocycles. The number of aromatic amines is 1. The van der Waals surface area contributed by atoms with E-state index in [1.807, 2.05) is 6.26 Å². The molecule has 32 heavy (non-hydrogen) atoms. The fourth-order valence-corrected chi connectivity index (χ4v) is 3.02. The highest BCUT2D eigenvalue weighted by Crippen LogP contribution is 2.03. The average molecular weight is 473 g/mol. The molecule has 0 aliphatic heterocycles. The zero-order valence-electron chi connectivity index (χ0n) is 17.7. The van der Waals surface area contributed by atoms with Crippen molar-refractivity contribution < 1.29 is 34.2 Å². The summed E-state index contributed by atoms with van der Waals surface area (Å²) >= 11 is 1.53. The number of H-pyrrole nitrogens is 1.